The molecule has 3 aromatic heterocycles. The van der Waals surface area contributed by atoms with Crippen molar-refractivity contribution in [3.8, 4) is 33.4 Å². The molecule has 0 spiro atoms. The Morgan fingerprint density at radius 1 is 0.185 bits per heavy atom. The number of thiophene rings is 1. The van der Waals surface area contributed by atoms with Crippen LogP contribution in [0.1, 0.15) is 22.3 Å². The molecule has 1 aliphatic carbocycles. The third-order valence-corrected chi connectivity index (χ3v) is 26.1. The van der Waals surface area contributed by atoms with Gasteiger partial charge >= 0.3 is 0 Å². The van der Waals surface area contributed by atoms with Crippen LogP contribution in [0.3, 0.4) is 0 Å². The summed E-state index contributed by atoms with van der Waals surface area (Å²) in [5.74, 6) is 0. The van der Waals surface area contributed by atoms with Gasteiger partial charge in [0.2, 0.25) is 0 Å². The van der Waals surface area contributed by atoms with E-state index in [1.54, 1.807) is 0 Å². The third kappa shape index (κ3) is 20.5. The zero-order valence-electron chi connectivity index (χ0n) is 75.9. The zero-order chi connectivity index (χ0) is 91.3. The van der Waals surface area contributed by atoms with Crippen LogP contribution in [-0.2, 0) is 13.5 Å². The molecule has 0 unspecified atom stereocenters. The van der Waals surface area contributed by atoms with Gasteiger partial charge in [-0.1, -0.05) is 503 Å². The molecule has 2 nitrogen and oxygen atoms in total. The summed E-state index contributed by atoms with van der Waals surface area (Å²) in [5, 5.41) is 29.0. The van der Waals surface area contributed by atoms with Gasteiger partial charge in [-0.25, -0.2) is 0 Å². The highest BCUT2D eigenvalue weighted by atomic mass is 32.1. The lowest BCUT2D eigenvalue weighted by Crippen LogP contribution is -1.84. The maximum atomic E-state index is 5.65. The highest BCUT2D eigenvalue weighted by Crippen LogP contribution is 2.39. The molecule has 0 saturated carbocycles. The highest BCUT2D eigenvalue weighted by molar-refractivity contribution is 7.25. The van der Waals surface area contributed by atoms with Crippen LogP contribution in [0.25, 0.3) is 183 Å². The van der Waals surface area contributed by atoms with Crippen LogP contribution >= 0.6 is 11.3 Å². The average Bonchev–Trinajstić information content (AvgIpc) is 1.72. The summed E-state index contributed by atoms with van der Waals surface area (Å²) >= 11 is 1.86. The summed E-state index contributed by atoms with van der Waals surface area (Å²) in [6.07, 6.45) is 1.10. The van der Waals surface area contributed by atoms with E-state index in [2.05, 4.69) is 523 Å². The maximum absolute atomic E-state index is 5.65. The number of aryl methyl sites for hydroxylation is 3. The van der Waals surface area contributed by atoms with Crippen molar-refractivity contribution >= 4 is 161 Å². The SMILES string of the molecule is Cc1ccc(C)cc1.Cn1c2ccccc2c2ccccc21.c1ccc(-c2cccc(-c3ccccc3)c2)cc1.c1ccc2c(c1)Cc1ccccc1-2.c1ccc2c(c1)c1ccccc1c1ccccc21.c1ccc2c(c1)ccc1ccccc12.c1ccc2c(c1)oc1ccccc12.c1ccc2c(c1)sc1ccccc12.c1ccc2cc3ccccc3cc2c1.c1ccc2ccccc2c1. The molecule has 0 atom stereocenters. The number of benzene rings is 24. The summed E-state index contributed by atoms with van der Waals surface area (Å²) in [5.41, 5.74) is 18.0. The summed E-state index contributed by atoms with van der Waals surface area (Å²) in [6, 6.07) is 191. The second kappa shape index (κ2) is 42.4. The second-order valence-corrected chi connectivity index (χ2v) is 34.9. The quantitative estimate of drug-likeness (QED) is 0.125. The number of hydrogen-bond acceptors (Lipinski definition) is 2. The number of para-hydroxylation sites is 4. The van der Waals surface area contributed by atoms with E-state index in [4.69, 9.17) is 4.42 Å². The number of fused-ring (bicyclic) bond motifs is 24. The predicted octanol–water partition coefficient (Wildman–Crippen LogP) is 37.5. The molecule has 0 saturated heterocycles. The molecule has 0 bridgehead atoms. The minimum atomic E-state index is 0.962. The van der Waals surface area contributed by atoms with Crippen molar-refractivity contribution in [2.45, 2.75) is 20.3 Å². The maximum Gasteiger partial charge on any atom is 0.135 e. The molecule has 3 heteroatoms. The monoisotopic (exact) mass is 1750 g/mol. The highest BCUT2D eigenvalue weighted by Gasteiger charge is 2.17. The van der Waals surface area contributed by atoms with Gasteiger partial charge in [-0.3, -0.25) is 0 Å². The molecule has 3 heterocycles. The molecule has 0 amide bonds. The Kier molecular flexibility index (Phi) is 27.5. The molecule has 0 N–H and O–H groups in total. The van der Waals surface area contributed by atoms with E-state index in [0.717, 1.165) is 17.6 Å². The van der Waals surface area contributed by atoms with Crippen LogP contribution in [0.4, 0.5) is 0 Å². The van der Waals surface area contributed by atoms with E-state index >= 15 is 0 Å². The minimum Gasteiger partial charge on any atom is -0.456 e. The normalized spacial score (nSPS) is 10.9. The fraction of sp³-hybridized carbons (Fsp3) is 0.0303. The van der Waals surface area contributed by atoms with E-state index in [9.17, 15) is 0 Å². The number of furan rings is 1. The van der Waals surface area contributed by atoms with E-state index in [0.29, 0.717) is 0 Å². The van der Waals surface area contributed by atoms with Crippen LogP contribution in [-0.4, -0.2) is 4.57 Å². The van der Waals surface area contributed by atoms with Gasteiger partial charge in [0.25, 0.3) is 0 Å². The lowest BCUT2D eigenvalue weighted by Gasteiger charge is -2.09. The van der Waals surface area contributed by atoms with Gasteiger partial charge in [0.05, 0.1) is 0 Å². The Hall–Kier alpha value is -16.8. The fourth-order valence-corrected chi connectivity index (χ4v) is 19.3. The Bertz CT molecular complexity index is 7860. The summed E-state index contributed by atoms with van der Waals surface area (Å²) in [7, 11) is 2.12. The molecule has 24 aromatic carbocycles. The van der Waals surface area contributed by atoms with Gasteiger partial charge in [0.1, 0.15) is 11.2 Å². The van der Waals surface area contributed by atoms with Crippen LogP contribution in [0.15, 0.2) is 550 Å². The average molecular weight is 1750 g/mol. The first-order valence-electron chi connectivity index (χ1n) is 46.3. The second-order valence-electron chi connectivity index (χ2n) is 33.8. The van der Waals surface area contributed by atoms with Crippen molar-refractivity contribution in [1.82, 2.24) is 4.57 Å². The van der Waals surface area contributed by atoms with Crippen LogP contribution in [0.2, 0.25) is 0 Å². The summed E-state index contributed by atoms with van der Waals surface area (Å²) < 4.78 is 10.6. The van der Waals surface area contributed by atoms with Crippen molar-refractivity contribution in [2.75, 3.05) is 0 Å². The lowest BCUT2D eigenvalue weighted by molar-refractivity contribution is 0.669. The van der Waals surface area contributed by atoms with Gasteiger partial charge < -0.3 is 8.98 Å². The van der Waals surface area contributed by atoms with Gasteiger partial charge in [-0.15, -0.1) is 11.3 Å². The predicted molar refractivity (Wildman–Crippen MR) is 587 cm³/mol. The van der Waals surface area contributed by atoms with E-state index in [1.807, 2.05) is 59.9 Å². The van der Waals surface area contributed by atoms with Crippen LogP contribution in [0.5, 0.6) is 0 Å². The number of rotatable bonds is 2. The van der Waals surface area contributed by atoms with Crippen molar-refractivity contribution < 1.29 is 4.42 Å². The van der Waals surface area contributed by atoms with E-state index in [-0.39, 0.29) is 0 Å². The lowest BCUT2D eigenvalue weighted by atomic mass is 9.95. The Morgan fingerprint density at radius 2 is 0.444 bits per heavy atom. The molecule has 27 aromatic rings. The van der Waals surface area contributed by atoms with Crippen molar-refractivity contribution in [2.24, 2.45) is 7.05 Å². The Balaban J connectivity index is 0.0000000969. The molecular formula is C132H101NOS. The van der Waals surface area contributed by atoms with E-state index in [1.165, 1.54) is 195 Å². The van der Waals surface area contributed by atoms with Crippen molar-refractivity contribution in [1.29, 1.82) is 0 Å². The van der Waals surface area contributed by atoms with Gasteiger partial charge in [0.15, 0.2) is 0 Å². The first-order chi connectivity index (χ1) is 66.7. The molecule has 0 aliphatic heterocycles. The molecular weight excluding hydrogens is 1650 g/mol. The zero-order valence-corrected chi connectivity index (χ0v) is 76.7. The Labute approximate surface area is 793 Å². The number of nitrogens with zero attached hydrogens (tertiary/aromatic N) is 1. The fourth-order valence-electron chi connectivity index (χ4n) is 18.2. The van der Waals surface area contributed by atoms with Gasteiger partial charge in [-0.2, -0.15) is 0 Å². The first kappa shape index (κ1) is 87.5. The molecule has 0 fully saturated rings. The van der Waals surface area contributed by atoms with Crippen LogP contribution in [0, 0.1) is 13.8 Å². The molecule has 0 radical (unpaired) electrons. The molecule has 135 heavy (non-hydrogen) atoms. The smallest absolute Gasteiger partial charge is 0.135 e. The standard InChI is InChI=1S/C18H12.C18H14.2C14H10.C13H11N.C13H10.C12H8O.C12H8S.C10H8.C8H10/c1-2-8-14-13(7-1)15-9-3-4-11-17(15)18-12-6-5-10-16(14)18;1-3-8-15(9-4-1)17-12-7-13-18(14-17)16-10-5-2-6-11-16;1-3-7-13-11(5-1)9-10-12-6-2-4-8-14(12)13;1-2-6-12-10-14-8-4-3-7-13(14)9-11(12)5-1;1-14-12-8-4-2-6-10(12)11-7-3-5-9-13(11)14;1-3-7-12-10(5-1)9-11-6-2-4-8-13(11)12;2*1-3-7-11-9(5-1)10-6-2-4-8-12(10)13-11;1-2-6-10-8-4-3-7-9(10)5-1;1-7-3-5-8(2)6-4-7/h1-12H;1-14H;2*1-10H;2-9H,1H3;1-8H,9H2;2*1-8H;1-8H;3-6H,1-2H3. The molecule has 1 aliphatic rings. The summed E-state index contributed by atoms with van der Waals surface area (Å²) in [6.45, 7) is 4.19. The van der Waals surface area contributed by atoms with Gasteiger partial charge in [0, 0.05) is 59.8 Å². The van der Waals surface area contributed by atoms with Crippen molar-refractivity contribution in [3.63, 3.8) is 0 Å². The third-order valence-electron chi connectivity index (χ3n) is 25.0. The van der Waals surface area contributed by atoms with Crippen LogP contribution < -0.4 is 0 Å². The Morgan fingerprint density at radius 3 is 0.807 bits per heavy atom. The number of aromatic nitrogens is 1. The van der Waals surface area contributed by atoms with Gasteiger partial charge in [-0.05, 0) is 206 Å². The topological polar surface area (TPSA) is 18.1 Å². The van der Waals surface area contributed by atoms with Crippen molar-refractivity contribution in [3.05, 3.63) is 568 Å². The largest absolute Gasteiger partial charge is 0.456 e. The summed E-state index contributed by atoms with van der Waals surface area (Å²) in [4.78, 5) is 0. The minimum absolute atomic E-state index is 0.962. The molecule has 646 valence electrons. The number of hydrogen-bond donors (Lipinski definition) is 0. The first-order valence-corrected chi connectivity index (χ1v) is 47.1. The van der Waals surface area contributed by atoms with E-state index < -0.39 is 0 Å². The molecule has 28 rings (SSSR count).